The van der Waals surface area contributed by atoms with Crippen molar-refractivity contribution in [1.82, 2.24) is 14.9 Å². The summed E-state index contributed by atoms with van der Waals surface area (Å²) in [6, 6.07) is 0. The summed E-state index contributed by atoms with van der Waals surface area (Å²) in [7, 11) is 0. The van der Waals surface area contributed by atoms with E-state index in [0.717, 1.165) is 17.4 Å². The fourth-order valence-corrected chi connectivity index (χ4v) is 1.22. The van der Waals surface area contributed by atoms with Crippen molar-refractivity contribution < 1.29 is 13.9 Å². The third-order valence-electron chi connectivity index (χ3n) is 2.00. The van der Waals surface area contributed by atoms with Gasteiger partial charge in [-0.15, -0.1) is 0 Å². The van der Waals surface area contributed by atoms with Gasteiger partial charge in [-0.05, 0) is 19.4 Å². The molecular formula is C9H15F2N3O. The zero-order valence-corrected chi connectivity index (χ0v) is 8.37. The van der Waals surface area contributed by atoms with Gasteiger partial charge in [-0.25, -0.2) is 4.98 Å². The van der Waals surface area contributed by atoms with E-state index in [1.807, 2.05) is 0 Å². The second-order valence-corrected chi connectivity index (χ2v) is 3.14. The van der Waals surface area contributed by atoms with E-state index < -0.39 is 6.55 Å². The van der Waals surface area contributed by atoms with Crippen molar-refractivity contribution in [1.29, 1.82) is 0 Å². The van der Waals surface area contributed by atoms with E-state index in [-0.39, 0.29) is 6.61 Å². The molecule has 0 saturated carbocycles. The van der Waals surface area contributed by atoms with Gasteiger partial charge in [0.05, 0.1) is 6.54 Å². The molecule has 1 heterocycles. The van der Waals surface area contributed by atoms with E-state index in [4.69, 9.17) is 5.11 Å². The SMILES string of the molecule is OCCCCNCc1nccn1C(F)F. The molecule has 86 valence electrons. The minimum absolute atomic E-state index is 0.160. The Morgan fingerprint density at radius 1 is 1.47 bits per heavy atom. The van der Waals surface area contributed by atoms with Crippen LogP contribution >= 0.6 is 0 Å². The van der Waals surface area contributed by atoms with E-state index in [1.54, 1.807) is 0 Å². The summed E-state index contributed by atoms with van der Waals surface area (Å²) in [5, 5.41) is 11.5. The number of alkyl halides is 2. The lowest BCUT2D eigenvalue weighted by Crippen LogP contribution is -2.18. The highest BCUT2D eigenvalue weighted by Gasteiger charge is 2.09. The highest BCUT2D eigenvalue weighted by atomic mass is 19.3. The van der Waals surface area contributed by atoms with Gasteiger partial charge in [0.2, 0.25) is 0 Å². The molecule has 0 spiro atoms. The predicted molar refractivity (Wildman–Crippen MR) is 51.5 cm³/mol. The van der Waals surface area contributed by atoms with Crippen molar-refractivity contribution in [3.63, 3.8) is 0 Å². The molecule has 0 aliphatic rings. The molecule has 0 unspecified atom stereocenters. The molecule has 1 rings (SSSR count). The molecule has 0 aromatic carbocycles. The molecule has 0 bridgehead atoms. The normalized spacial score (nSPS) is 11.2. The Balaban J connectivity index is 2.28. The molecule has 15 heavy (non-hydrogen) atoms. The quantitative estimate of drug-likeness (QED) is 0.676. The average Bonchev–Trinajstić information content (AvgIpc) is 2.66. The number of hydrogen-bond acceptors (Lipinski definition) is 3. The molecule has 0 aliphatic carbocycles. The van der Waals surface area contributed by atoms with Crippen molar-refractivity contribution in [3.8, 4) is 0 Å². The molecule has 0 saturated heterocycles. The number of aromatic nitrogens is 2. The largest absolute Gasteiger partial charge is 0.396 e. The number of unbranched alkanes of at least 4 members (excludes halogenated alkanes) is 1. The minimum atomic E-state index is -2.54. The summed E-state index contributed by atoms with van der Waals surface area (Å²) < 4.78 is 25.5. The van der Waals surface area contributed by atoms with Crippen molar-refractivity contribution in [2.45, 2.75) is 25.9 Å². The Hall–Kier alpha value is -1.01. The number of aliphatic hydroxyl groups excluding tert-OH is 1. The van der Waals surface area contributed by atoms with Gasteiger partial charge in [-0.3, -0.25) is 4.57 Å². The van der Waals surface area contributed by atoms with Gasteiger partial charge in [-0.2, -0.15) is 8.78 Å². The number of hydrogen-bond donors (Lipinski definition) is 2. The van der Waals surface area contributed by atoms with E-state index in [1.165, 1.54) is 12.4 Å². The molecule has 0 atom stereocenters. The zero-order chi connectivity index (χ0) is 11.1. The van der Waals surface area contributed by atoms with Crippen LogP contribution in [0.5, 0.6) is 0 Å². The van der Waals surface area contributed by atoms with Gasteiger partial charge in [0.1, 0.15) is 5.82 Å². The van der Waals surface area contributed by atoms with Crippen LogP contribution in [0.15, 0.2) is 12.4 Å². The zero-order valence-electron chi connectivity index (χ0n) is 8.37. The highest BCUT2D eigenvalue weighted by molar-refractivity contribution is 4.92. The van der Waals surface area contributed by atoms with E-state index in [0.29, 0.717) is 18.9 Å². The third kappa shape index (κ3) is 3.93. The first-order chi connectivity index (χ1) is 7.25. The van der Waals surface area contributed by atoms with Crippen molar-refractivity contribution >= 4 is 0 Å². The maximum atomic E-state index is 12.4. The van der Waals surface area contributed by atoms with Crippen LogP contribution in [0.1, 0.15) is 25.2 Å². The number of nitrogens with zero attached hydrogens (tertiary/aromatic N) is 2. The average molecular weight is 219 g/mol. The molecule has 4 nitrogen and oxygen atoms in total. The van der Waals surface area contributed by atoms with Gasteiger partial charge < -0.3 is 10.4 Å². The van der Waals surface area contributed by atoms with E-state index in [9.17, 15) is 8.78 Å². The number of nitrogens with one attached hydrogen (secondary N) is 1. The Labute approximate surface area is 86.9 Å². The minimum Gasteiger partial charge on any atom is -0.396 e. The lowest BCUT2D eigenvalue weighted by molar-refractivity contribution is 0.0666. The Morgan fingerprint density at radius 2 is 2.27 bits per heavy atom. The van der Waals surface area contributed by atoms with Crippen LogP contribution in [-0.2, 0) is 6.54 Å². The maximum absolute atomic E-state index is 12.4. The van der Waals surface area contributed by atoms with Crippen molar-refractivity contribution in [2.75, 3.05) is 13.2 Å². The number of rotatable bonds is 7. The molecule has 0 amide bonds. The van der Waals surface area contributed by atoms with Crippen LogP contribution in [0.4, 0.5) is 8.78 Å². The fourth-order valence-electron chi connectivity index (χ4n) is 1.22. The summed E-state index contributed by atoms with van der Waals surface area (Å²) in [5.41, 5.74) is 0. The summed E-state index contributed by atoms with van der Waals surface area (Å²) in [6.07, 6.45) is 4.16. The highest BCUT2D eigenvalue weighted by Crippen LogP contribution is 2.11. The smallest absolute Gasteiger partial charge is 0.319 e. The number of aliphatic hydroxyl groups is 1. The first-order valence-corrected chi connectivity index (χ1v) is 4.87. The molecule has 6 heteroatoms. The first kappa shape index (κ1) is 12.1. The summed E-state index contributed by atoms with van der Waals surface area (Å²) in [6.45, 7) is -1.37. The number of imidazole rings is 1. The van der Waals surface area contributed by atoms with Crippen LogP contribution in [0, 0.1) is 0 Å². The van der Waals surface area contributed by atoms with Crippen molar-refractivity contribution in [3.05, 3.63) is 18.2 Å². The fraction of sp³-hybridized carbons (Fsp3) is 0.667. The van der Waals surface area contributed by atoms with Gasteiger partial charge in [0, 0.05) is 19.0 Å². The molecule has 0 fully saturated rings. The lowest BCUT2D eigenvalue weighted by Gasteiger charge is -2.07. The maximum Gasteiger partial charge on any atom is 0.319 e. The Kier molecular flexibility index (Phi) is 5.20. The lowest BCUT2D eigenvalue weighted by atomic mass is 10.3. The standard InChI is InChI=1S/C9H15F2N3O/c10-9(11)14-5-4-13-8(14)7-12-3-1-2-6-15/h4-5,9,12,15H,1-3,6-7H2. The Morgan fingerprint density at radius 3 is 2.93 bits per heavy atom. The molecule has 0 radical (unpaired) electrons. The van der Waals surface area contributed by atoms with Gasteiger partial charge in [-0.1, -0.05) is 0 Å². The second kappa shape index (κ2) is 6.47. The summed E-state index contributed by atoms with van der Waals surface area (Å²) in [5.74, 6) is 0.328. The van der Waals surface area contributed by atoms with E-state index >= 15 is 0 Å². The molecule has 1 aromatic heterocycles. The van der Waals surface area contributed by atoms with Crippen LogP contribution in [0.25, 0.3) is 0 Å². The molecule has 2 N–H and O–H groups in total. The monoisotopic (exact) mass is 219 g/mol. The van der Waals surface area contributed by atoms with Gasteiger partial charge in [0.15, 0.2) is 0 Å². The topological polar surface area (TPSA) is 50.1 Å². The molecule has 0 aliphatic heterocycles. The predicted octanol–water partition coefficient (Wildman–Crippen LogP) is 1.14. The summed E-state index contributed by atoms with van der Waals surface area (Å²) in [4.78, 5) is 3.83. The molecule has 1 aromatic rings. The van der Waals surface area contributed by atoms with Crippen molar-refractivity contribution in [2.24, 2.45) is 0 Å². The third-order valence-corrected chi connectivity index (χ3v) is 2.00. The van der Waals surface area contributed by atoms with Crippen LogP contribution in [-0.4, -0.2) is 27.8 Å². The Bertz CT molecular complexity index is 278. The van der Waals surface area contributed by atoms with Gasteiger partial charge in [0.25, 0.3) is 0 Å². The second-order valence-electron chi connectivity index (χ2n) is 3.14. The molecular weight excluding hydrogens is 204 g/mol. The van der Waals surface area contributed by atoms with Crippen LogP contribution in [0.3, 0.4) is 0 Å². The summed E-state index contributed by atoms with van der Waals surface area (Å²) >= 11 is 0. The van der Waals surface area contributed by atoms with Crippen LogP contribution < -0.4 is 5.32 Å². The number of halogens is 2. The van der Waals surface area contributed by atoms with E-state index in [2.05, 4.69) is 10.3 Å². The first-order valence-electron chi connectivity index (χ1n) is 4.87. The van der Waals surface area contributed by atoms with Crippen LogP contribution in [0.2, 0.25) is 0 Å². The van der Waals surface area contributed by atoms with Gasteiger partial charge >= 0.3 is 6.55 Å².